The van der Waals surface area contributed by atoms with Crippen LogP contribution >= 0.6 is 27.5 Å². The molecule has 0 unspecified atom stereocenters. The summed E-state index contributed by atoms with van der Waals surface area (Å²) in [5.41, 5.74) is 2.03. The monoisotopic (exact) mass is 405 g/mol. The molecule has 7 heteroatoms. The van der Waals surface area contributed by atoms with Crippen LogP contribution in [0.25, 0.3) is 10.9 Å². The van der Waals surface area contributed by atoms with E-state index in [2.05, 4.69) is 32.3 Å². The van der Waals surface area contributed by atoms with E-state index in [-0.39, 0.29) is 10.8 Å². The number of anilines is 2. The van der Waals surface area contributed by atoms with Gasteiger partial charge in [0.25, 0.3) is 0 Å². The van der Waals surface area contributed by atoms with E-state index in [1.807, 2.05) is 18.2 Å². The first-order valence-corrected chi connectivity index (χ1v) is 7.99. The normalized spacial score (nSPS) is 10.5. The number of fused-ring (bicyclic) bond motifs is 1. The lowest BCUT2D eigenvalue weighted by molar-refractivity contribution is 0.387. The van der Waals surface area contributed by atoms with E-state index in [1.54, 1.807) is 0 Å². The molecule has 0 aliphatic rings. The van der Waals surface area contributed by atoms with Gasteiger partial charge in [-0.05, 0) is 24.3 Å². The molecule has 0 aliphatic carbocycles. The molecular weight excluding hydrogens is 397 g/mol. The highest BCUT2D eigenvalue weighted by Crippen LogP contribution is 2.35. The van der Waals surface area contributed by atoms with Gasteiger partial charge in [-0.15, -0.1) is 0 Å². The first-order chi connectivity index (χ1) is 11.5. The van der Waals surface area contributed by atoms with Crippen LogP contribution in [0.2, 0.25) is 5.02 Å². The molecule has 24 heavy (non-hydrogen) atoms. The molecule has 0 saturated heterocycles. The lowest BCUT2D eigenvalue weighted by Gasteiger charge is -2.14. The molecule has 120 valence electrons. The summed E-state index contributed by atoms with van der Waals surface area (Å²) in [7, 11) is 1.37. The quantitative estimate of drug-likeness (QED) is 0.631. The number of aromatic nitrogens is 1. The molecule has 0 spiro atoms. The molecule has 1 aromatic heterocycles. The molecule has 0 aliphatic heterocycles. The van der Waals surface area contributed by atoms with Crippen molar-refractivity contribution in [3.8, 4) is 11.8 Å². The number of hydrogen-bond donors (Lipinski definition) is 1. The van der Waals surface area contributed by atoms with Crippen LogP contribution in [0.5, 0.6) is 5.75 Å². The van der Waals surface area contributed by atoms with Gasteiger partial charge in [-0.2, -0.15) is 5.26 Å². The second kappa shape index (κ2) is 6.63. The van der Waals surface area contributed by atoms with E-state index in [0.717, 1.165) is 15.9 Å². The molecule has 0 atom stereocenters. The van der Waals surface area contributed by atoms with Crippen LogP contribution in [0, 0.1) is 17.1 Å². The van der Waals surface area contributed by atoms with Gasteiger partial charge in [0.15, 0.2) is 11.6 Å². The van der Waals surface area contributed by atoms with Crippen molar-refractivity contribution in [1.82, 2.24) is 4.98 Å². The molecule has 1 heterocycles. The molecule has 0 fully saturated rings. The summed E-state index contributed by atoms with van der Waals surface area (Å²) < 4.78 is 19.6. The second-order valence-corrected chi connectivity index (χ2v) is 6.23. The smallest absolute Gasteiger partial charge is 0.166 e. The van der Waals surface area contributed by atoms with Crippen LogP contribution in [0.15, 0.2) is 41.0 Å². The second-order valence-electron chi connectivity index (χ2n) is 4.91. The number of nitrogens with one attached hydrogen (secondary N) is 1. The number of pyridine rings is 1. The van der Waals surface area contributed by atoms with Gasteiger partial charge in [-0.3, -0.25) is 4.98 Å². The Bertz CT molecular complexity index is 988. The third-order valence-corrected chi connectivity index (χ3v) is 4.26. The average Bonchev–Trinajstić information content (AvgIpc) is 2.57. The third-order valence-electron chi connectivity index (χ3n) is 3.45. The molecular formula is C17H10BrClFN3O. The lowest BCUT2D eigenvalue weighted by Crippen LogP contribution is -1.99. The van der Waals surface area contributed by atoms with Crippen molar-refractivity contribution in [2.75, 3.05) is 12.4 Å². The zero-order valence-electron chi connectivity index (χ0n) is 12.4. The van der Waals surface area contributed by atoms with Gasteiger partial charge >= 0.3 is 0 Å². The summed E-state index contributed by atoms with van der Waals surface area (Å²) in [6.45, 7) is 0. The first kappa shape index (κ1) is 16.5. The maximum atomic E-state index is 13.7. The van der Waals surface area contributed by atoms with Crippen LogP contribution in [-0.4, -0.2) is 12.1 Å². The molecule has 1 N–H and O–H groups in total. The molecule has 4 nitrogen and oxygen atoms in total. The standard InChI is InChI=1S/C17H10BrClFN3O/c1-24-16-6-15(12(19)5-13(16)20)23-17-9(7-21)8-22-14-4-10(18)2-3-11(14)17/h2-6,8H,1H3,(H,22,23). The van der Waals surface area contributed by atoms with Gasteiger partial charge in [0, 0.05) is 22.1 Å². The minimum absolute atomic E-state index is 0.0570. The Morgan fingerprint density at radius 3 is 2.83 bits per heavy atom. The molecule has 0 amide bonds. The van der Waals surface area contributed by atoms with Crippen molar-refractivity contribution >= 4 is 49.8 Å². The number of halogens is 3. The van der Waals surface area contributed by atoms with E-state index < -0.39 is 5.82 Å². The number of nitriles is 1. The number of rotatable bonds is 3. The third kappa shape index (κ3) is 3.01. The number of methoxy groups -OCH3 is 1. The van der Waals surface area contributed by atoms with Crippen molar-refractivity contribution < 1.29 is 9.13 Å². The van der Waals surface area contributed by atoms with Crippen LogP contribution in [0.4, 0.5) is 15.8 Å². The molecule has 3 aromatic rings. The van der Waals surface area contributed by atoms with Gasteiger partial charge in [-0.1, -0.05) is 27.5 Å². The minimum atomic E-state index is -0.558. The Morgan fingerprint density at radius 2 is 2.12 bits per heavy atom. The summed E-state index contributed by atoms with van der Waals surface area (Å²) in [6, 6.07) is 10.2. The number of hydrogen-bond acceptors (Lipinski definition) is 4. The molecule has 0 saturated carbocycles. The van der Waals surface area contributed by atoms with Crippen molar-refractivity contribution in [2.24, 2.45) is 0 Å². The van der Waals surface area contributed by atoms with Gasteiger partial charge in [-0.25, -0.2) is 4.39 Å². The Morgan fingerprint density at radius 1 is 1.33 bits per heavy atom. The van der Waals surface area contributed by atoms with Crippen LogP contribution in [0.1, 0.15) is 5.56 Å². The fourth-order valence-electron chi connectivity index (χ4n) is 2.30. The minimum Gasteiger partial charge on any atom is -0.494 e. The topological polar surface area (TPSA) is 57.9 Å². The maximum absolute atomic E-state index is 13.7. The first-order valence-electron chi connectivity index (χ1n) is 6.82. The van der Waals surface area contributed by atoms with E-state index in [1.165, 1.54) is 19.4 Å². The summed E-state index contributed by atoms with van der Waals surface area (Å²) in [5, 5.41) is 13.4. The lowest BCUT2D eigenvalue weighted by atomic mass is 10.1. The Hall–Kier alpha value is -2.36. The summed E-state index contributed by atoms with van der Waals surface area (Å²) >= 11 is 9.51. The number of nitrogens with zero attached hydrogens (tertiary/aromatic N) is 2. The highest BCUT2D eigenvalue weighted by atomic mass is 79.9. The SMILES string of the molecule is COc1cc(Nc2c(C#N)cnc3cc(Br)ccc23)c(Cl)cc1F. The molecule has 0 radical (unpaired) electrons. The average molecular weight is 407 g/mol. The van der Waals surface area contributed by atoms with E-state index >= 15 is 0 Å². The number of benzene rings is 2. The Labute approximate surface area is 151 Å². The van der Waals surface area contributed by atoms with Gasteiger partial charge in [0.1, 0.15) is 6.07 Å². The van der Waals surface area contributed by atoms with Crippen molar-refractivity contribution in [3.63, 3.8) is 0 Å². The van der Waals surface area contributed by atoms with Crippen molar-refractivity contribution in [2.45, 2.75) is 0 Å². The highest BCUT2D eigenvalue weighted by molar-refractivity contribution is 9.10. The maximum Gasteiger partial charge on any atom is 0.166 e. The summed E-state index contributed by atoms with van der Waals surface area (Å²) in [4.78, 5) is 4.28. The number of ether oxygens (including phenoxy) is 1. The van der Waals surface area contributed by atoms with E-state index in [0.29, 0.717) is 22.5 Å². The Kier molecular flexibility index (Phi) is 4.56. The van der Waals surface area contributed by atoms with Crippen LogP contribution in [-0.2, 0) is 0 Å². The van der Waals surface area contributed by atoms with Crippen LogP contribution < -0.4 is 10.1 Å². The van der Waals surface area contributed by atoms with E-state index in [4.69, 9.17) is 16.3 Å². The predicted octanol–water partition coefficient (Wildman–Crippen LogP) is 5.41. The Balaban J connectivity index is 2.18. The fraction of sp³-hybridized carbons (Fsp3) is 0.0588. The van der Waals surface area contributed by atoms with Gasteiger partial charge in [0.2, 0.25) is 0 Å². The largest absolute Gasteiger partial charge is 0.494 e. The van der Waals surface area contributed by atoms with Crippen molar-refractivity contribution in [1.29, 1.82) is 5.26 Å². The molecule has 3 rings (SSSR count). The summed E-state index contributed by atoms with van der Waals surface area (Å²) in [5.74, 6) is -0.501. The predicted molar refractivity (Wildman–Crippen MR) is 95.4 cm³/mol. The molecule has 0 bridgehead atoms. The zero-order valence-corrected chi connectivity index (χ0v) is 14.7. The zero-order chi connectivity index (χ0) is 17.3. The van der Waals surface area contributed by atoms with Crippen LogP contribution in [0.3, 0.4) is 0 Å². The van der Waals surface area contributed by atoms with Gasteiger partial charge < -0.3 is 10.1 Å². The highest BCUT2D eigenvalue weighted by Gasteiger charge is 2.14. The van der Waals surface area contributed by atoms with Gasteiger partial charge in [0.05, 0.1) is 34.6 Å². The summed E-state index contributed by atoms with van der Waals surface area (Å²) in [6.07, 6.45) is 1.48. The fourth-order valence-corrected chi connectivity index (χ4v) is 2.85. The molecule has 2 aromatic carbocycles. The van der Waals surface area contributed by atoms with E-state index in [9.17, 15) is 9.65 Å². The van der Waals surface area contributed by atoms with Crippen molar-refractivity contribution in [3.05, 3.63) is 57.4 Å².